The smallest absolute Gasteiger partial charge is 0.218 e. The molecule has 23 heavy (non-hydrogen) atoms. The summed E-state index contributed by atoms with van der Waals surface area (Å²) in [4.78, 5) is 0. The molecule has 2 aliphatic heterocycles. The molecule has 2 aliphatic rings. The van der Waals surface area contributed by atoms with Crippen molar-refractivity contribution in [3.8, 4) is 0 Å². The van der Waals surface area contributed by atoms with Gasteiger partial charge >= 0.3 is 0 Å². The van der Waals surface area contributed by atoms with E-state index < -0.39 is 74.6 Å². The summed E-state index contributed by atoms with van der Waals surface area (Å²) in [7, 11) is 0. The molecule has 0 aliphatic carbocycles. The van der Waals surface area contributed by atoms with Gasteiger partial charge in [0.2, 0.25) is 5.79 Å². The SMILES string of the molecule is OC[C@H]1O[C@H](O[C@@H]2COC(O)(CO)[C@@H](O)[C@@H]2O)[C@H](O)[C@@H](O)[C@@H]1O. The zero-order valence-corrected chi connectivity index (χ0v) is 12.0. The van der Waals surface area contributed by atoms with Gasteiger partial charge < -0.3 is 55.1 Å². The van der Waals surface area contributed by atoms with Crippen LogP contribution >= 0.6 is 0 Å². The van der Waals surface area contributed by atoms with Crippen molar-refractivity contribution in [2.75, 3.05) is 19.8 Å². The van der Waals surface area contributed by atoms with Crippen LogP contribution in [0.3, 0.4) is 0 Å². The molecule has 0 bridgehead atoms. The second-order valence-electron chi connectivity index (χ2n) is 5.62. The highest BCUT2D eigenvalue weighted by atomic mass is 16.7. The fraction of sp³-hybridized carbons (Fsp3) is 1.00. The Morgan fingerprint density at radius 3 is 2.17 bits per heavy atom. The molecule has 0 aromatic carbocycles. The summed E-state index contributed by atoms with van der Waals surface area (Å²) in [5.74, 6) is -2.35. The van der Waals surface area contributed by atoms with Gasteiger partial charge in [-0.3, -0.25) is 0 Å². The van der Waals surface area contributed by atoms with Crippen LogP contribution < -0.4 is 0 Å². The van der Waals surface area contributed by atoms with Gasteiger partial charge in [-0.05, 0) is 0 Å². The van der Waals surface area contributed by atoms with Crippen molar-refractivity contribution in [3.63, 3.8) is 0 Å². The lowest BCUT2D eigenvalue weighted by atomic mass is 9.96. The van der Waals surface area contributed by atoms with Crippen LogP contribution in [0.2, 0.25) is 0 Å². The molecular formula is C12H22O11. The molecule has 9 atom stereocenters. The van der Waals surface area contributed by atoms with Crippen molar-refractivity contribution in [1.82, 2.24) is 0 Å². The third-order valence-corrected chi connectivity index (χ3v) is 4.05. The number of ether oxygens (including phenoxy) is 3. The zero-order chi connectivity index (χ0) is 17.4. The Kier molecular flexibility index (Phi) is 5.92. The van der Waals surface area contributed by atoms with Crippen LogP contribution in [0.4, 0.5) is 0 Å². The third kappa shape index (κ3) is 3.50. The van der Waals surface area contributed by atoms with E-state index >= 15 is 0 Å². The van der Waals surface area contributed by atoms with Gasteiger partial charge in [-0.1, -0.05) is 0 Å². The summed E-state index contributed by atoms with van der Waals surface area (Å²) in [5, 5.41) is 76.6. The van der Waals surface area contributed by atoms with Crippen molar-refractivity contribution < 1.29 is 55.1 Å². The fourth-order valence-corrected chi connectivity index (χ4v) is 2.49. The van der Waals surface area contributed by atoms with Crippen molar-refractivity contribution in [3.05, 3.63) is 0 Å². The number of rotatable bonds is 4. The van der Waals surface area contributed by atoms with Crippen LogP contribution in [0.25, 0.3) is 0 Å². The Bertz CT molecular complexity index is 393. The van der Waals surface area contributed by atoms with Crippen molar-refractivity contribution >= 4 is 0 Å². The van der Waals surface area contributed by atoms with E-state index in [1.165, 1.54) is 0 Å². The minimum absolute atomic E-state index is 0.454. The monoisotopic (exact) mass is 342 g/mol. The Balaban J connectivity index is 2.04. The van der Waals surface area contributed by atoms with Crippen LogP contribution in [0.5, 0.6) is 0 Å². The zero-order valence-electron chi connectivity index (χ0n) is 12.0. The van der Waals surface area contributed by atoms with Gasteiger partial charge in [0.05, 0.1) is 19.8 Å². The van der Waals surface area contributed by atoms with Crippen LogP contribution in [-0.2, 0) is 14.2 Å². The molecule has 2 rings (SSSR count). The lowest BCUT2D eigenvalue weighted by molar-refractivity contribution is -0.367. The second kappa shape index (κ2) is 7.21. The second-order valence-corrected chi connectivity index (χ2v) is 5.62. The Hall–Kier alpha value is -0.440. The van der Waals surface area contributed by atoms with E-state index in [1.807, 2.05) is 0 Å². The van der Waals surface area contributed by atoms with Crippen LogP contribution in [-0.4, -0.2) is 115 Å². The van der Waals surface area contributed by atoms with Gasteiger partial charge in [-0.25, -0.2) is 0 Å². The van der Waals surface area contributed by atoms with Gasteiger partial charge in [0, 0.05) is 0 Å². The first-order valence-electron chi connectivity index (χ1n) is 7.04. The molecule has 1 unspecified atom stereocenters. The molecule has 0 aromatic rings. The van der Waals surface area contributed by atoms with Crippen LogP contribution in [0, 0.1) is 0 Å². The molecule has 136 valence electrons. The normalized spacial score (nSPS) is 51.7. The van der Waals surface area contributed by atoms with Crippen molar-refractivity contribution in [1.29, 1.82) is 0 Å². The lowest BCUT2D eigenvalue weighted by Gasteiger charge is -2.45. The summed E-state index contributed by atoms with van der Waals surface area (Å²) in [6.07, 6.45) is -12.5. The maximum absolute atomic E-state index is 9.94. The summed E-state index contributed by atoms with van der Waals surface area (Å²) in [6, 6.07) is 0. The molecule has 0 spiro atoms. The van der Waals surface area contributed by atoms with Crippen molar-refractivity contribution in [2.24, 2.45) is 0 Å². The number of hydrogen-bond donors (Lipinski definition) is 8. The Labute approximate surface area is 130 Å². The average Bonchev–Trinajstić information content (AvgIpc) is 2.55. The molecule has 2 saturated heterocycles. The van der Waals surface area contributed by atoms with E-state index in [2.05, 4.69) is 0 Å². The van der Waals surface area contributed by atoms with Gasteiger partial charge in [0.15, 0.2) is 6.29 Å². The highest BCUT2D eigenvalue weighted by molar-refractivity contribution is 4.94. The van der Waals surface area contributed by atoms with Gasteiger partial charge in [-0.2, -0.15) is 0 Å². The first-order valence-corrected chi connectivity index (χ1v) is 7.04. The van der Waals surface area contributed by atoms with Crippen LogP contribution in [0.1, 0.15) is 0 Å². The molecular weight excluding hydrogens is 320 g/mol. The summed E-state index contributed by atoms with van der Waals surface area (Å²) in [6.45, 7) is -2.07. The fourth-order valence-electron chi connectivity index (χ4n) is 2.49. The average molecular weight is 342 g/mol. The Morgan fingerprint density at radius 2 is 1.61 bits per heavy atom. The van der Waals surface area contributed by atoms with Gasteiger partial charge in [0.25, 0.3) is 0 Å². The van der Waals surface area contributed by atoms with Gasteiger partial charge in [0.1, 0.15) is 42.7 Å². The number of hydrogen-bond acceptors (Lipinski definition) is 11. The summed E-state index contributed by atoms with van der Waals surface area (Å²) >= 11 is 0. The van der Waals surface area contributed by atoms with Crippen molar-refractivity contribution in [2.45, 2.75) is 54.8 Å². The summed E-state index contributed by atoms with van der Waals surface area (Å²) < 4.78 is 15.2. The predicted molar refractivity (Wildman–Crippen MR) is 68.6 cm³/mol. The highest BCUT2D eigenvalue weighted by Crippen LogP contribution is 2.29. The standard InChI is InChI=1S/C12H22O11/c13-1-4-6(15)8(17)9(18)11(22-4)23-5-2-21-12(20,3-14)10(19)7(5)16/h4-11,13-20H,1-3H2/t4-,5-,6-,7-,8+,9-,10+,11-,12?/m1/s1. The molecule has 2 fully saturated rings. The first kappa shape index (κ1) is 18.9. The van der Waals surface area contributed by atoms with E-state index in [-0.39, 0.29) is 0 Å². The summed E-state index contributed by atoms with van der Waals surface area (Å²) in [5.41, 5.74) is 0. The van der Waals surface area contributed by atoms with E-state index in [1.54, 1.807) is 0 Å². The molecule has 0 amide bonds. The van der Waals surface area contributed by atoms with E-state index in [9.17, 15) is 30.6 Å². The number of aliphatic hydroxyl groups is 8. The third-order valence-electron chi connectivity index (χ3n) is 4.05. The molecule has 2 heterocycles. The van der Waals surface area contributed by atoms with E-state index in [0.717, 1.165) is 0 Å². The van der Waals surface area contributed by atoms with E-state index in [4.69, 9.17) is 24.4 Å². The number of aliphatic hydroxyl groups excluding tert-OH is 7. The lowest BCUT2D eigenvalue weighted by Crippen LogP contribution is -2.65. The molecule has 0 saturated carbocycles. The predicted octanol–water partition coefficient (Wildman–Crippen LogP) is -5.40. The highest BCUT2D eigenvalue weighted by Gasteiger charge is 2.51. The minimum atomic E-state index is -2.35. The first-order chi connectivity index (χ1) is 10.7. The molecule has 11 nitrogen and oxygen atoms in total. The maximum Gasteiger partial charge on any atom is 0.218 e. The van der Waals surface area contributed by atoms with Gasteiger partial charge in [-0.15, -0.1) is 0 Å². The quantitative estimate of drug-likeness (QED) is 0.243. The minimum Gasteiger partial charge on any atom is -0.394 e. The molecule has 0 aromatic heterocycles. The largest absolute Gasteiger partial charge is 0.394 e. The molecule has 0 radical (unpaired) electrons. The van der Waals surface area contributed by atoms with Crippen LogP contribution in [0.15, 0.2) is 0 Å². The molecule has 11 heteroatoms. The molecule has 8 N–H and O–H groups in total. The maximum atomic E-state index is 9.94. The topological polar surface area (TPSA) is 190 Å². The van der Waals surface area contributed by atoms with E-state index in [0.29, 0.717) is 0 Å². The Morgan fingerprint density at radius 1 is 0.957 bits per heavy atom.